The van der Waals surface area contributed by atoms with Crippen LogP contribution in [0.4, 0.5) is 4.39 Å². The molecule has 0 unspecified atom stereocenters. The van der Waals surface area contributed by atoms with Crippen LogP contribution >= 0.6 is 11.3 Å². The number of hydrogen-bond acceptors (Lipinski definition) is 3. The highest BCUT2D eigenvalue weighted by Gasteiger charge is 2.18. The summed E-state index contributed by atoms with van der Waals surface area (Å²) < 4.78 is 15.9. The largest absolute Gasteiger partial charge is 0.259 e. The zero-order valence-corrected chi connectivity index (χ0v) is 12.4. The topological polar surface area (TPSA) is 30.7 Å². The lowest BCUT2D eigenvalue weighted by molar-refractivity contribution is 0.631. The van der Waals surface area contributed by atoms with E-state index < -0.39 is 0 Å². The van der Waals surface area contributed by atoms with Gasteiger partial charge in [-0.3, -0.25) is 4.98 Å². The second kappa shape index (κ2) is 5.02. The summed E-state index contributed by atoms with van der Waals surface area (Å²) in [5.74, 6) is -0.0111. The standard InChI is InChI=1S/C14H14BFN3S/c1-8(2)12-9-5-4-6-10(16)13(9)19(18-12)11-7-17-14(15-3)20-11/h4-8H,1-3H3. The van der Waals surface area contributed by atoms with E-state index in [0.717, 1.165) is 21.0 Å². The van der Waals surface area contributed by atoms with Crippen molar-refractivity contribution in [3.8, 4) is 5.00 Å². The van der Waals surface area contributed by atoms with E-state index in [4.69, 9.17) is 0 Å². The molecule has 3 rings (SSSR count). The fraction of sp³-hybridized carbons (Fsp3) is 0.286. The van der Waals surface area contributed by atoms with Crippen LogP contribution in [0.5, 0.6) is 0 Å². The zero-order valence-electron chi connectivity index (χ0n) is 11.6. The Labute approximate surface area is 121 Å². The van der Waals surface area contributed by atoms with Gasteiger partial charge < -0.3 is 0 Å². The number of aromatic nitrogens is 3. The lowest BCUT2D eigenvalue weighted by atomic mass is 9.84. The van der Waals surface area contributed by atoms with Gasteiger partial charge in [-0.05, 0) is 12.0 Å². The van der Waals surface area contributed by atoms with Crippen LogP contribution in [0.3, 0.4) is 0 Å². The van der Waals surface area contributed by atoms with Crippen molar-refractivity contribution in [2.75, 3.05) is 0 Å². The Bertz CT molecular complexity index is 763. The summed E-state index contributed by atoms with van der Waals surface area (Å²) in [6.07, 6.45) is 1.74. The number of benzene rings is 1. The first-order valence-corrected chi connectivity index (χ1v) is 7.36. The molecule has 1 aromatic carbocycles. The van der Waals surface area contributed by atoms with E-state index in [1.807, 2.05) is 20.2 Å². The number of para-hydroxylation sites is 1. The first-order valence-electron chi connectivity index (χ1n) is 6.54. The van der Waals surface area contributed by atoms with Gasteiger partial charge in [-0.25, -0.2) is 9.07 Å². The van der Waals surface area contributed by atoms with Gasteiger partial charge in [0.2, 0.25) is 0 Å². The Morgan fingerprint density at radius 2 is 2.15 bits per heavy atom. The van der Waals surface area contributed by atoms with Gasteiger partial charge >= 0.3 is 0 Å². The van der Waals surface area contributed by atoms with Crippen molar-refractivity contribution in [2.45, 2.75) is 26.6 Å². The number of thiazole rings is 1. The van der Waals surface area contributed by atoms with Gasteiger partial charge in [0.1, 0.15) is 16.3 Å². The molecule has 3 aromatic rings. The van der Waals surface area contributed by atoms with E-state index in [1.165, 1.54) is 17.4 Å². The third-order valence-electron chi connectivity index (χ3n) is 3.20. The average Bonchev–Trinajstić information content (AvgIpc) is 3.02. The molecular weight excluding hydrogens is 272 g/mol. The van der Waals surface area contributed by atoms with E-state index >= 15 is 0 Å². The number of halogens is 1. The molecule has 0 aliphatic heterocycles. The Kier molecular flexibility index (Phi) is 3.34. The molecule has 101 valence electrons. The Morgan fingerprint density at radius 1 is 1.35 bits per heavy atom. The van der Waals surface area contributed by atoms with Gasteiger partial charge in [0.15, 0.2) is 7.28 Å². The van der Waals surface area contributed by atoms with Crippen LogP contribution in [0.2, 0.25) is 6.82 Å². The molecule has 0 N–H and O–H groups in total. The van der Waals surface area contributed by atoms with E-state index in [1.54, 1.807) is 16.9 Å². The van der Waals surface area contributed by atoms with Crippen molar-refractivity contribution in [1.29, 1.82) is 0 Å². The summed E-state index contributed by atoms with van der Waals surface area (Å²) >= 11 is 1.50. The molecule has 0 fully saturated rings. The van der Waals surface area contributed by atoms with Crippen LogP contribution in [0.15, 0.2) is 24.4 Å². The second-order valence-corrected chi connectivity index (χ2v) is 5.95. The van der Waals surface area contributed by atoms with E-state index in [9.17, 15) is 4.39 Å². The maximum atomic E-state index is 14.2. The van der Waals surface area contributed by atoms with Crippen LogP contribution in [0, 0.1) is 5.82 Å². The third kappa shape index (κ3) is 2.04. The molecule has 0 atom stereocenters. The van der Waals surface area contributed by atoms with E-state index in [0.29, 0.717) is 5.52 Å². The quantitative estimate of drug-likeness (QED) is 0.693. The number of fused-ring (bicyclic) bond motifs is 1. The minimum atomic E-state index is -0.252. The molecule has 0 aliphatic carbocycles. The average molecular weight is 286 g/mol. The summed E-state index contributed by atoms with van der Waals surface area (Å²) in [5.41, 5.74) is 1.44. The second-order valence-electron chi connectivity index (χ2n) is 4.91. The predicted molar refractivity (Wildman–Crippen MR) is 82.0 cm³/mol. The van der Waals surface area contributed by atoms with Gasteiger partial charge in [-0.1, -0.05) is 32.8 Å². The molecule has 0 spiro atoms. The Morgan fingerprint density at radius 3 is 2.80 bits per heavy atom. The van der Waals surface area contributed by atoms with Crippen molar-refractivity contribution in [3.63, 3.8) is 0 Å². The maximum Gasteiger partial charge on any atom is 0.188 e. The van der Waals surface area contributed by atoms with Crippen LogP contribution in [0.25, 0.3) is 15.9 Å². The fourth-order valence-electron chi connectivity index (χ4n) is 2.24. The number of nitrogens with zero attached hydrogens (tertiary/aromatic N) is 3. The highest BCUT2D eigenvalue weighted by atomic mass is 32.1. The molecule has 6 heteroatoms. The summed E-state index contributed by atoms with van der Waals surface area (Å²) in [4.78, 5) is 5.19. The lowest BCUT2D eigenvalue weighted by Gasteiger charge is -1.99. The first-order chi connectivity index (χ1) is 9.61. The summed E-state index contributed by atoms with van der Waals surface area (Å²) in [7, 11) is 1.93. The summed E-state index contributed by atoms with van der Waals surface area (Å²) in [5, 5.41) is 6.30. The normalized spacial score (nSPS) is 11.4. The molecule has 2 aromatic heterocycles. The zero-order chi connectivity index (χ0) is 14.3. The molecule has 0 bridgehead atoms. The third-order valence-corrected chi connectivity index (χ3v) is 4.23. The summed E-state index contributed by atoms with van der Waals surface area (Å²) in [6.45, 7) is 6.06. The number of rotatable bonds is 3. The Hall–Kier alpha value is -1.69. The van der Waals surface area contributed by atoms with Crippen molar-refractivity contribution in [3.05, 3.63) is 35.9 Å². The molecule has 0 saturated carbocycles. The lowest BCUT2D eigenvalue weighted by Crippen LogP contribution is -2.07. The predicted octanol–water partition coefficient (Wildman–Crippen LogP) is 3.12. The molecular formula is C14H14BFN3S. The minimum Gasteiger partial charge on any atom is -0.259 e. The van der Waals surface area contributed by atoms with Gasteiger partial charge in [0.25, 0.3) is 0 Å². The van der Waals surface area contributed by atoms with Crippen LogP contribution in [-0.4, -0.2) is 22.0 Å². The fourth-order valence-corrected chi connectivity index (χ4v) is 3.01. The molecule has 0 saturated heterocycles. The van der Waals surface area contributed by atoms with Gasteiger partial charge in [-0.2, -0.15) is 5.10 Å². The van der Waals surface area contributed by atoms with Crippen molar-refractivity contribution in [1.82, 2.24) is 14.8 Å². The van der Waals surface area contributed by atoms with Crippen LogP contribution in [0.1, 0.15) is 25.5 Å². The number of hydrogen-bond donors (Lipinski definition) is 0. The van der Waals surface area contributed by atoms with Gasteiger partial charge in [-0.15, -0.1) is 11.3 Å². The monoisotopic (exact) mass is 286 g/mol. The van der Waals surface area contributed by atoms with Crippen molar-refractivity contribution >= 4 is 34.4 Å². The van der Waals surface area contributed by atoms with E-state index in [-0.39, 0.29) is 11.7 Å². The van der Waals surface area contributed by atoms with Gasteiger partial charge in [0.05, 0.1) is 11.9 Å². The summed E-state index contributed by atoms with van der Waals surface area (Å²) in [6, 6.07) is 5.12. The molecule has 1 radical (unpaired) electrons. The highest BCUT2D eigenvalue weighted by Crippen LogP contribution is 2.29. The molecule has 0 aliphatic rings. The highest BCUT2D eigenvalue weighted by molar-refractivity contribution is 7.22. The van der Waals surface area contributed by atoms with Crippen LogP contribution in [-0.2, 0) is 0 Å². The molecule has 20 heavy (non-hydrogen) atoms. The molecule has 0 amide bonds. The smallest absolute Gasteiger partial charge is 0.188 e. The molecule has 2 heterocycles. The maximum absolute atomic E-state index is 14.2. The van der Waals surface area contributed by atoms with Crippen molar-refractivity contribution in [2.24, 2.45) is 0 Å². The van der Waals surface area contributed by atoms with E-state index in [2.05, 4.69) is 23.9 Å². The minimum absolute atomic E-state index is 0.241. The molecule has 3 nitrogen and oxygen atoms in total. The van der Waals surface area contributed by atoms with Crippen LogP contribution < -0.4 is 4.91 Å². The van der Waals surface area contributed by atoms with Gasteiger partial charge in [0, 0.05) is 10.3 Å². The Balaban J connectivity index is 2.29. The van der Waals surface area contributed by atoms with Crippen molar-refractivity contribution < 1.29 is 4.39 Å². The first kappa shape index (κ1) is 13.3. The SMILES string of the molecule is C[B]c1ncc(-n2nc(C(C)C)c3cccc(F)c32)s1.